The van der Waals surface area contributed by atoms with Gasteiger partial charge < -0.3 is 28.7 Å². The van der Waals surface area contributed by atoms with Gasteiger partial charge in [-0.1, -0.05) is 24.4 Å². The molecule has 10 heteroatoms. The normalized spacial score (nSPS) is 19.6. The number of nitrogens with zero attached hydrogens (tertiary/aromatic N) is 3. The zero-order valence-corrected chi connectivity index (χ0v) is 20.9. The van der Waals surface area contributed by atoms with Gasteiger partial charge in [-0.2, -0.15) is 0 Å². The number of fused-ring (bicyclic) bond motifs is 1. The minimum atomic E-state index is -0.598. The van der Waals surface area contributed by atoms with Crippen LogP contribution in [0, 0.1) is 0 Å². The highest BCUT2D eigenvalue weighted by Gasteiger charge is 2.42. The van der Waals surface area contributed by atoms with Crippen molar-refractivity contribution >= 4 is 28.8 Å². The fourth-order valence-corrected chi connectivity index (χ4v) is 5.23. The van der Waals surface area contributed by atoms with Crippen molar-refractivity contribution in [2.24, 2.45) is 4.99 Å². The summed E-state index contributed by atoms with van der Waals surface area (Å²) in [6, 6.07) is 4.86. The zero-order valence-electron chi connectivity index (χ0n) is 20.1. The molecule has 0 unspecified atom stereocenters. The molecule has 0 radical (unpaired) electrons. The van der Waals surface area contributed by atoms with Gasteiger partial charge in [-0.25, -0.2) is 9.79 Å². The minimum Gasteiger partial charge on any atom is -0.497 e. The summed E-state index contributed by atoms with van der Waals surface area (Å²) in [5, 5.41) is 2.61. The predicted molar refractivity (Wildman–Crippen MR) is 133 cm³/mol. The fourth-order valence-electron chi connectivity index (χ4n) is 4.26. The van der Waals surface area contributed by atoms with Gasteiger partial charge in [0.1, 0.15) is 18.1 Å². The number of rotatable bonds is 8. The van der Waals surface area contributed by atoms with E-state index in [1.165, 1.54) is 17.8 Å². The average molecular weight is 500 g/mol. The number of hydrogen-bond acceptors (Lipinski definition) is 9. The fraction of sp³-hybridized carbons (Fsp3) is 0.400. The second kappa shape index (κ2) is 11.0. The Morgan fingerprint density at radius 3 is 2.71 bits per heavy atom. The highest BCUT2D eigenvalue weighted by molar-refractivity contribution is 8.16. The van der Waals surface area contributed by atoms with E-state index in [0.29, 0.717) is 54.2 Å². The highest BCUT2D eigenvalue weighted by Crippen LogP contribution is 2.47. The molecule has 1 amide bonds. The molecule has 1 aromatic carbocycles. The molecule has 0 aromatic heterocycles. The van der Waals surface area contributed by atoms with E-state index >= 15 is 0 Å². The van der Waals surface area contributed by atoms with Crippen LogP contribution in [0.4, 0.5) is 0 Å². The van der Waals surface area contributed by atoms with Crippen molar-refractivity contribution in [3.63, 3.8) is 0 Å². The Labute approximate surface area is 209 Å². The third-order valence-electron chi connectivity index (χ3n) is 5.98. The number of carbonyl (C=O) groups excluding carboxylic acids is 2. The topological polar surface area (TPSA) is 89.9 Å². The lowest BCUT2D eigenvalue weighted by Gasteiger charge is -2.37. The first-order valence-electron chi connectivity index (χ1n) is 11.3. The second-order valence-electron chi connectivity index (χ2n) is 8.06. The van der Waals surface area contributed by atoms with Crippen LogP contribution in [0.3, 0.4) is 0 Å². The van der Waals surface area contributed by atoms with Crippen LogP contribution in [0.15, 0.2) is 58.2 Å². The van der Waals surface area contributed by atoms with Gasteiger partial charge in [0, 0.05) is 30.4 Å². The molecular weight excluding hydrogens is 470 g/mol. The second-order valence-corrected chi connectivity index (χ2v) is 8.89. The molecule has 3 aliphatic heterocycles. The summed E-state index contributed by atoms with van der Waals surface area (Å²) in [5.41, 5.74) is 2.42. The molecule has 1 fully saturated rings. The summed E-state index contributed by atoms with van der Waals surface area (Å²) in [4.78, 5) is 34.8. The number of carbonyl (C=O) groups is 2. The SMILES string of the molecule is C=CCOC(=O)C1=C(C)N=C2SC=C(CC(=O)N3CCOCC3)N2[C@@H]1c1ccc(OC)cc1OC. The molecule has 35 heavy (non-hydrogen) atoms. The van der Waals surface area contributed by atoms with Crippen LogP contribution in [0.2, 0.25) is 0 Å². The lowest BCUT2D eigenvalue weighted by Crippen LogP contribution is -2.42. The van der Waals surface area contributed by atoms with Crippen LogP contribution >= 0.6 is 11.8 Å². The van der Waals surface area contributed by atoms with E-state index in [0.717, 1.165) is 11.3 Å². The molecule has 1 aromatic rings. The van der Waals surface area contributed by atoms with Crippen molar-refractivity contribution in [1.82, 2.24) is 9.80 Å². The molecule has 0 aliphatic carbocycles. The summed E-state index contributed by atoms with van der Waals surface area (Å²) >= 11 is 1.43. The Hall–Kier alpha value is -3.24. The predicted octanol–water partition coefficient (Wildman–Crippen LogP) is 3.26. The van der Waals surface area contributed by atoms with Crippen LogP contribution in [0.5, 0.6) is 11.5 Å². The number of amidine groups is 1. The highest BCUT2D eigenvalue weighted by atomic mass is 32.2. The molecule has 186 valence electrons. The molecular formula is C25H29N3O6S. The standard InChI is InChI=1S/C25H29N3O6S/c1-5-10-34-24(30)22-16(2)26-25-28(23(22)19-7-6-18(31-3)14-20(19)32-4)17(15-35-25)13-21(29)27-8-11-33-12-9-27/h5-7,14-15,23H,1,8-13H2,2-4H3/t23-/m1/s1. The maximum Gasteiger partial charge on any atom is 0.338 e. The Morgan fingerprint density at radius 1 is 1.26 bits per heavy atom. The van der Waals surface area contributed by atoms with Crippen LogP contribution in [-0.4, -0.2) is 74.0 Å². The average Bonchev–Trinajstić information content (AvgIpc) is 3.28. The molecule has 1 saturated heterocycles. The number of allylic oxidation sites excluding steroid dienone is 1. The number of amides is 1. The molecule has 0 spiro atoms. The first-order valence-corrected chi connectivity index (χ1v) is 12.2. The largest absolute Gasteiger partial charge is 0.497 e. The molecule has 4 rings (SSSR count). The Bertz CT molecular complexity index is 1110. The van der Waals surface area contributed by atoms with Gasteiger partial charge in [0.25, 0.3) is 0 Å². The van der Waals surface area contributed by atoms with Crippen LogP contribution in [-0.2, 0) is 19.1 Å². The Balaban J connectivity index is 1.75. The molecule has 0 N–H and O–H groups in total. The summed E-state index contributed by atoms with van der Waals surface area (Å²) in [6.45, 7) is 7.68. The third-order valence-corrected chi connectivity index (χ3v) is 6.87. The van der Waals surface area contributed by atoms with Gasteiger partial charge in [-0.15, -0.1) is 0 Å². The molecule has 3 aliphatic rings. The summed E-state index contributed by atoms with van der Waals surface area (Å²) in [5.74, 6) is 0.682. The quantitative estimate of drug-likeness (QED) is 0.398. The zero-order chi connectivity index (χ0) is 24.9. The van der Waals surface area contributed by atoms with Crippen molar-refractivity contribution in [3.8, 4) is 11.5 Å². The van der Waals surface area contributed by atoms with E-state index < -0.39 is 12.0 Å². The number of thioether (sulfide) groups is 1. The number of benzene rings is 1. The first-order chi connectivity index (χ1) is 17.0. The van der Waals surface area contributed by atoms with Crippen molar-refractivity contribution in [1.29, 1.82) is 0 Å². The van der Waals surface area contributed by atoms with Gasteiger partial charge in [-0.05, 0) is 24.5 Å². The number of ether oxygens (including phenoxy) is 4. The van der Waals surface area contributed by atoms with E-state index in [4.69, 9.17) is 18.9 Å². The molecule has 1 atom stereocenters. The van der Waals surface area contributed by atoms with Crippen molar-refractivity contribution in [3.05, 3.63) is 58.8 Å². The van der Waals surface area contributed by atoms with Crippen molar-refractivity contribution in [2.45, 2.75) is 19.4 Å². The molecule has 0 bridgehead atoms. The Morgan fingerprint density at radius 2 is 2.03 bits per heavy atom. The number of methoxy groups -OCH3 is 2. The van der Waals surface area contributed by atoms with E-state index in [2.05, 4.69) is 11.6 Å². The van der Waals surface area contributed by atoms with Crippen LogP contribution < -0.4 is 9.47 Å². The summed E-state index contributed by atoms with van der Waals surface area (Å²) < 4.78 is 21.9. The van der Waals surface area contributed by atoms with E-state index in [9.17, 15) is 9.59 Å². The summed E-state index contributed by atoms with van der Waals surface area (Å²) in [6.07, 6.45) is 1.70. The van der Waals surface area contributed by atoms with Gasteiger partial charge in [-0.3, -0.25) is 4.79 Å². The lowest BCUT2D eigenvalue weighted by atomic mass is 9.93. The van der Waals surface area contributed by atoms with Crippen LogP contribution in [0.1, 0.15) is 24.9 Å². The third kappa shape index (κ3) is 5.08. The first kappa shape index (κ1) is 24.9. The lowest BCUT2D eigenvalue weighted by molar-refractivity contribution is -0.138. The van der Waals surface area contributed by atoms with Crippen molar-refractivity contribution in [2.75, 3.05) is 47.1 Å². The smallest absolute Gasteiger partial charge is 0.338 e. The van der Waals surface area contributed by atoms with E-state index in [1.54, 1.807) is 32.1 Å². The molecule has 3 heterocycles. The van der Waals surface area contributed by atoms with E-state index in [-0.39, 0.29) is 18.9 Å². The maximum atomic E-state index is 13.2. The monoisotopic (exact) mass is 499 g/mol. The summed E-state index contributed by atoms with van der Waals surface area (Å²) in [7, 11) is 3.15. The molecule has 9 nitrogen and oxygen atoms in total. The van der Waals surface area contributed by atoms with E-state index in [1.807, 2.05) is 22.4 Å². The van der Waals surface area contributed by atoms with Crippen molar-refractivity contribution < 1.29 is 28.5 Å². The number of morpholine rings is 1. The minimum absolute atomic E-state index is 0.00362. The van der Waals surface area contributed by atoms with Gasteiger partial charge >= 0.3 is 5.97 Å². The number of esters is 1. The van der Waals surface area contributed by atoms with Gasteiger partial charge in [0.2, 0.25) is 5.91 Å². The van der Waals surface area contributed by atoms with Gasteiger partial charge in [0.15, 0.2) is 5.17 Å². The number of hydrogen-bond donors (Lipinski definition) is 0. The number of aliphatic imine (C=N–C) groups is 1. The van der Waals surface area contributed by atoms with Gasteiger partial charge in [0.05, 0.1) is 51.2 Å². The van der Waals surface area contributed by atoms with Crippen LogP contribution in [0.25, 0.3) is 0 Å². The Kier molecular flexibility index (Phi) is 7.82. The molecule has 0 saturated carbocycles. The maximum absolute atomic E-state index is 13.2.